The van der Waals surface area contributed by atoms with Crippen LogP contribution in [0.1, 0.15) is 41.2 Å². The molecule has 46 heavy (non-hydrogen) atoms. The molecule has 0 bridgehead atoms. The van der Waals surface area contributed by atoms with Gasteiger partial charge in [0.05, 0.1) is 12.2 Å². The SMILES string of the molecule is O=C(CCC1OC(c2ccccc2Cl)c2cc(Cl)ccc2N(Cc2ccccc2)C1=O)N[C@@H](Cc1c[nH]c2ccccc12)C(=O)O. The Morgan fingerprint density at radius 3 is 2.46 bits per heavy atom. The maximum atomic E-state index is 14.2. The molecule has 1 aliphatic rings. The Kier molecular flexibility index (Phi) is 9.40. The van der Waals surface area contributed by atoms with Gasteiger partial charge in [0.1, 0.15) is 18.2 Å². The molecule has 5 aromatic rings. The fraction of sp³-hybridized carbons (Fsp3) is 0.194. The summed E-state index contributed by atoms with van der Waals surface area (Å²) in [7, 11) is 0. The zero-order chi connectivity index (χ0) is 32.2. The minimum atomic E-state index is -1.16. The summed E-state index contributed by atoms with van der Waals surface area (Å²) in [4.78, 5) is 44.4. The molecule has 0 spiro atoms. The molecule has 1 aromatic heterocycles. The van der Waals surface area contributed by atoms with Crippen LogP contribution in [-0.4, -0.2) is 40.0 Å². The van der Waals surface area contributed by atoms with E-state index in [1.54, 1.807) is 35.4 Å². The van der Waals surface area contributed by atoms with Crippen molar-refractivity contribution in [1.82, 2.24) is 10.3 Å². The molecular formula is C36H31Cl2N3O5. The Hall–Kier alpha value is -4.63. The average molecular weight is 657 g/mol. The minimum absolute atomic E-state index is 0.0120. The van der Waals surface area contributed by atoms with Crippen LogP contribution in [0, 0.1) is 0 Å². The number of benzene rings is 4. The Bertz CT molecular complexity index is 1890. The van der Waals surface area contributed by atoms with Crippen molar-refractivity contribution in [3.05, 3.63) is 136 Å². The van der Waals surface area contributed by atoms with E-state index in [9.17, 15) is 19.5 Å². The van der Waals surface area contributed by atoms with E-state index in [1.807, 2.05) is 72.8 Å². The van der Waals surface area contributed by atoms with Crippen LogP contribution in [0.4, 0.5) is 5.69 Å². The topological polar surface area (TPSA) is 112 Å². The number of carboxylic acids is 1. The predicted octanol–water partition coefficient (Wildman–Crippen LogP) is 7.09. The quantitative estimate of drug-likeness (QED) is 0.149. The van der Waals surface area contributed by atoms with E-state index in [-0.39, 0.29) is 31.7 Å². The number of ether oxygens (including phenoxy) is 1. The van der Waals surface area contributed by atoms with Gasteiger partial charge in [-0.1, -0.05) is 89.9 Å². The second-order valence-corrected chi connectivity index (χ2v) is 12.0. The molecule has 4 aromatic carbocycles. The van der Waals surface area contributed by atoms with Crippen LogP contribution in [0.15, 0.2) is 103 Å². The van der Waals surface area contributed by atoms with Crippen molar-refractivity contribution >= 4 is 57.6 Å². The number of aliphatic carboxylic acids is 1. The van der Waals surface area contributed by atoms with Gasteiger partial charge in [0.25, 0.3) is 5.91 Å². The van der Waals surface area contributed by atoms with Gasteiger partial charge >= 0.3 is 5.97 Å². The van der Waals surface area contributed by atoms with Crippen LogP contribution in [-0.2, 0) is 32.1 Å². The first-order valence-electron chi connectivity index (χ1n) is 14.9. The molecule has 3 atom stereocenters. The second kappa shape index (κ2) is 13.8. The van der Waals surface area contributed by atoms with Gasteiger partial charge in [-0.3, -0.25) is 9.59 Å². The summed E-state index contributed by atoms with van der Waals surface area (Å²) in [6.07, 6.45) is -0.0743. The van der Waals surface area contributed by atoms with E-state index in [4.69, 9.17) is 27.9 Å². The van der Waals surface area contributed by atoms with Crippen molar-refractivity contribution in [2.24, 2.45) is 0 Å². The number of halogens is 2. The fourth-order valence-electron chi connectivity index (χ4n) is 5.87. The predicted molar refractivity (Wildman–Crippen MR) is 178 cm³/mol. The first-order chi connectivity index (χ1) is 22.3. The number of carboxylic acid groups (broad SMARTS) is 1. The Labute approximate surface area is 275 Å². The van der Waals surface area contributed by atoms with Crippen LogP contribution in [0.5, 0.6) is 0 Å². The number of hydrogen-bond acceptors (Lipinski definition) is 4. The van der Waals surface area contributed by atoms with Gasteiger partial charge in [-0.15, -0.1) is 0 Å². The summed E-state index contributed by atoms with van der Waals surface area (Å²) in [5, 5.41) is 14.4. The van der Waals surface area contributed by atoms with Crippen LogP contribution in [0.2, 0.25) is 10.0 Å². The summed E-state index contributed by atoms with van der Waals surface area (Å²) in [6.45, 7) is 0.265. The Morgan fingerprint density at radius 1 is 0.935 bits per heavy atom. The van der Waals surface area contributed by atoms with E-state index in [2.05, 4.69) is 10.3 Å². The number of hydrogen-bond donors (Lipinski definition) is 3. The van der Waals surface area contributed by atoms with Gasteiger partial charge in [-0.2, -0.15) is 0 Å². The van der Waals surface area contributed by atoms with Gasteiger partial charge in [0, 0.05) is 51.1 Å². The molecule has 0 saturated carbocycles. The number of carbonyl (C=O) groups is 3. The van der Waals surface area contributed by atoms with Crippen molar-refractivity contribution in [3.8, 4) is 0 Å². The lowest BCUT2D eigenvalue weighted by molar-refractivity contribution is -0.142. The molecule has 0 saturated heterocycles. The van der Waals surface area contributed by atoms with Crippen molar-refractivity contribution in [2.45, 2.75) is 44.1 Å². The molecule has 1 aliphatic heterocycles. The van der Waals surface area contributed by atoms with Crippen molar-refractivity contribution in [2.75, 3.05) is 4.90 Å². The number of amides is 2. The Morgan fingerprint density at radius 2 is 1.67 bits per heavy atom. The number of aromatic amines is 1. The summed E-state index contributed by atoms with van der Waals surface area (Å²) in [5.74, 6) is -1.98. The molecule has 6 rings (SSSR count). The summed E-state index contributed by atoms with van der Waals surface area (Å²) in [5.41, 5.74) is 4.52. The molecule has 0 aliphatic carbocycles. The smallest absolute Gasteiger partial charge is 0.326 e. The summed E-state index contributed by atoms with van der Waals surface area (Å²) >= 11 is 13.1. The number of anilines is 1. The highest BCUT2D eigenvalue weighted by atomic mass is 35.5. The molecular weight excluding hydrogens is 625 g/mol. The number of fused-ring (bicyclic) bond motifs is 2. The van der Waals surface area contributed by atoms with E-state index < -0.39 is 30.1 Å². The highest BCUT2D eigenvalue weighted by molar-refractivity contribution is 6.31. The molecule has 2 unspecified atom stereocenters. The normalized spacial score (nSPS) is 16.9. The minimum Gasteiger partial charge on any atom is -0.480 e. The van der Waals surface area contributed by atoms with E-state index in [0.717, 1.165) is 22.0 Å². The first-order valence-corrected chi connectivity index (χ1v) is 15.7. The monoisotopic (exact) mass is 655 g/mol. The zero-order valence-corrected chi connectivity index (χ0v) is 26.2. The number of carbonyl (C=O) groups excluding carboxylic acids is 2. The Balaban J connectivity index is 1.27. The van der Waals surface area contributed by atoms with Gasteiger partial charge in [-0.05, 0) is 47.9 Å². The van der Waals surface area contributed by atoms with Crippen LogP contribution in [0.25, 0.3) is 10.9 Å². The lowest BCUT2D eigenvalue weighted by Gasteiger charge is -2.25. The molecule has 3 N–H and O–H groups in total. The number of H-pyrrole nitrogens is 1. The summed E-state index contributed by atoms with van der Waals surface area (Å²) < 4.78 is 6.54. The zero-order valence-electron chi connectivity index (χ0n) is 24.7. The third-order valence-electron chi connectivity index (χ3n) is 8.14. The maximum absolute atomic E-state index is 14.2. The van der Waals surface area contributed by atoms with Gasteiger partial charge < -0.3 is 25.0 Å². The second-order valence-electron chi connectivity index (χ2n) is 11.2. The molecule has 0 fully saturated rings. The molecule has 8 nitrogen and oxygen atoms in total. The van der Waals surface area contributed by atoms with E-state index in [1.165, 1.54) is 0 Å². The van der Waals surface area contributed by atoms with Crippen LogP contribution >= 0.6 is 23.2 Å². The van der Waals surface area contributed by atoms with Gasteiger partial charge in [-0.25, -0.2) is 4.79 Å². The molecule has 234 valence electrons. The van der Waals surface area contributed by atoms with Crippen molar-refractivity contribution in [3.63, 3.8) is 0 Å². The fourth-order valence-corrected chi connectivity index (χ4v) is 6.28. The summed E-state index contributed by atoms with van der Waals surface area (Å²) in [6, 6.07) is 28.5. The number of para-hydroxylation sites is 1. The standard InChI is InChI=1S/C36H31Cl2N3O5/c37-24-14-15-31-27(19-24)34(26-11-4-6-12-28(26)38)46-32(35(43)41(31)21-22-8-2-1-3-9-22)16-17-33(42)40-30(36(44)45)18-23-20-39-29-13-7-5-10-25(23)29/h1-15,19-20,30,32,34,39H,16-18,21H2,(H,40,42)(H,44,45)/t30-,32?,34?/m0/s1. The first kappa shape index (κ1) is 31.4. The number of aromatic nitrogens is 1. The largest absolute Gasteiger partial charge is 0.480 e. The van der Waals surface area contributed by atoms with Crippen molar-refractivity contribution in [1.29, 1.82) is 0 Å². The third-order valence-corrected chi connectivity index (χ3v) is 8.72. The lowest BCUT2D eigenvalue weighted by atomic mass is 9.99. The number of rotatable bonds is 10. The highest BCUT2D eigenvalue weighted by Crippen LogP contribution is 2.42. The number of nitrogens with one attached hydrogen (secondary N) is 2. The molecule has 2 heterocycles. The molecule has 0 radical (unpaired) electrons. The highest BCUT2D eigenvalue weighted by Gasteiger charge is 2.37. The third kappa shape index (κ3) is 6.79. The van der Waals surface area contributed by atoms with Gasteiger partial charge in [0.15, 0.2) is 0 Å². The average Bonchev–Trinajstić information content (AvgIpc) is 3.42. The lowest BCUT2D eigenvalue weighted by Crippen LogP contribution is -2.43. The van der Waals surface area contributed by atoms with Crippen LogP contribution < -0.4 is 10.2 Å². The van der Waals surface area contributed by atoms with Crippen molar-refractivity contribution < 1.29 is 24.2 Å². The maximum Gasteiger partial charge on any atom is 0.326 e. The van der Waals surface area contributed by atoms with Crippen LogP contribution in [0.3, 0.4) is 0 Å². The van der Waals surface area contributed by atoms with E-state index >= 15 is 0 Å². The number of nitrogens with zero attached hydrogens (tertiary/aromatic N) is 1. The molecule has 10 heteroatoms. The van der Waals surface area contributed by atoms with Gasteiger partial charge in [0.2, 0.25) is 5.91 Å². The van der Waals surface area contributed by atoms with E-state index in [0.29, 0.717) is 26.9 Å². The molecule has 2 amide bonds.